The van der Waals surface area contributed by atoms with Crippen LogP contribution in [0.1, 0.15) is 36.8 Å². The van der Waals surface area contributed by atoms with Crippen molar-refractivity contribution in [2.45, 2.75) is 38.3 Å². The Bertz CT molecular complexity index is 816. The van der Waals surface area contributed by atoms with E-state index in [0.717, 1.165) is 36.8 Å². The highest BCUT2D eigenvalue weighted by molar-refractivity contribution is 6.02. The van der Waals surface area contributed by atoms with Gasteiger partial charge in [0.2, 0.25) is 0 Å². The molecule has 0 radical (unpaired) electrons. The molecule has 0 atom stereocenters. The maximum Gasteiger partial charge on any atom is 0.262 e. The number of para-hydroxylation sites is 1. The normalized spacial score (nSPS) is 14.7. The first-order valence-electron chi connectivity index (χ1n) is 8.94. The van der Waals surface area contributed by atoms with Crippen LogP contribution in [0.15, 0.2) is 60.2 Å². The van der Waals surface area contributed by atoms with Crippen LogP contribution in [-0.4, -0.2) is 11.9 Å². The monoisotopic (exact) mass is 346 g/mol. The van der Waals surface area contributed by atoms with Gasteiger partial charge >= 0.3 is 0 Å². The highest BCUT2D eigenvalue weighted by atomic mass is 16.5. The van der Waals surface area contributed by atoms with Crippen LogP contribution in [0, 0.1) is 11.3 Å². The molecule has 0 saturated heterocycles. The number of carbonyl (C=O) groups is 1. The van der Waals surface area contributed by atoms with Gasteiger partial charge < -0.3 is 10.1 Å². The summed E-state index contributed by atoms with van der Waals surface area (Å²) in [6.45, 7) is 0.432. The third-order valence-corrected chi connectivity index (χ3v) is 4.51. The van der Waals surface area contributed by atoms with Gasteiger partial charge in [0.25, 0.3) is 5.91 Å². The first kappa shape index (κ1) is 17.8. The number of benzene rings is 2. The van der Waals surface area contributed by atoms with Crippen LogP contribution in [0.2, 0.25) is 0 Å². The number of ether oxygens (including phenoxy) is 1. The molecule has 2 aromatic rings. The van der Waals surface area contributed by atoms with Crippen molar-refractivity contribution in [3.05, 3.63) is 71.3 Å². The van der Waals surface area contributed by atoms with Crippen molar-refractivity contribution >= 4 is 12.0 Å². The SMILES string of the molecule is N#C/C(=C\c1ccccc1OCc1ccccc1)C(=O)NC1CCCC1. The zero-order valence-electron chi connectivity index (χ0n) is 14.7. The van der Waals surface area contributed by atoms with Crippen LogP contribution in [0.4, 0.5) is 0 Å². The summed E-state index contributed by atoms with van der Waals surface area (Å²) < 4.78 is 5.90. The fourth-order valence-corrected chi connectivity index (χ4v) is 3.10. The number of nitrogens with one attached hydrogen (secondary N) is 1. The van der Waals surface area contributed by atoms with Gasteiger partial charge in [-0.1, -0.05) is 61.4 Å². The summed E-state index contributed by atoms with van der Waals surface area (Å²) in [5.74, 6) is 0.343. The average Bonchev–Trinajstić information content (AvgIpc) is 3.19. The van der Waals surface area contributed by atoms with E-state index in [4.69, 9.17) is 4.74 Å². The summed E-state index contributed by atoms with van der Waals surface area (Å²) in [5.41, 5.74) is 1.89. The van der Waals surface area contributed by atoms with Gasteiger partial charge in [0.1, 0.15) is 24.0 Å². The van der Waals surface area contributed by atoms with E-state index in [2.05, 4.69) is 5.32 Å². The molecule has 1 fully saturated rings. The van der Waals surface area contributed by atoms with Crippen molar-refractivity contribution in [3.63, 3.8) is 0 Å². The van der Waals surface area contributed by atoms with Gasteiger partial charge in [-0.25, -0.2) is 0 Å². The van der Waals surface area contributed by atoms with E-state index < -0.39 is 0 Å². The van der Waals surface area contributed by atoms with Crippen LogP contribution in [0.5, 0.6) is 5.75 Å². The fourth-order valence-electron chi connectivity index (χ4n) is 3.10. The van der Waals surface area contributed by atoms with Gasteiger partial charge in [0.15, 0.2) is 0 Å². The minimum Gasteiger partial charge on any atom is -0.488 e. The van der Waals surface area contributed by atoms with Crippen molar-refractivity contribution in [1.29, 1.82) is 5.26 Å². The maximum atomic E-state index is 12.4. The van der Waals surface area contributed by atoms with E-state index in [0.29, 0.717) is 12.4 Å². The molecule has 0 unspecified atom stereocenters. The second-order valence-corrected chi connectivity index (χ2v) is 6.44. The molecule has 4 heteroatoms. The fraction of sp³-hybridized carbons (Fsp3) is 0.273. The Morgan fingerprint density at radius 1 is 1.12 bits per heavy atom. The van der Waals surface area contributed by atoms with Gasteiger partial charge in [-0.15, -0.1) is 0 Å². The Labute approximate surface area is 154 Å². The van der Waals surface area contributed by atoms with Crippen LogP contribution in [0.3, 0.4) is 0 Å². The summed E-state index contributed by atoms with van der Waals surface area (Å²) in [5, 5.41) is 12.4. The lowest BCUT2D eigenvalue weighted by molar-refractivity contribution is -0.117. The highest BCUT2D eigenvalue weighted by Gasteiger charge is 2.19. The molecule has 4 nitrogen and oxygen atoms in total. The van der Waals surface area contributed by atoms with E-state index in [1.165, 1.54) is 0 Å². The third kappa shape index (κ3) is 4.73. The molecule has 0 bridgehead atoms. The predicted molar refractivity (Wildman–Crippen MR) is 101 cm³/mol. The largest absolute Gasteiger partial charge is 0.488 e. The number of hydrogen-bond donors (Lipinski definition) is 1. The predicted octanol–water partition coefficient (Wildman–Crippen LogP) is 4.23. The van der Waals surface area contributed by atoms with E-state index in [1.54, 1.807) is 6.08 Å². The lowest BCUT2D eigenvalue weighted by Gasteiger charge is -2.12. The molecular weight excluding hydrogens is 324 g/mol. The van der Waals surface area contributed by atoms with E-state index >= 15 is 0 Å². The van der Waals surface area contributed by atoms with Crippen LogP contribution in [0.25, 0.3) is 6.08 Å². The van der Waals surface area contributed by atoms with Crippen LogP contribution >= 0.6 is 0 Å². The van der Waals surface area contributed by atoms with Crippen molar-refractivity contribution in [3.8, 4) is 11.8 Å². The number of amides is 1. The standard InChI is InChI=1S/C22H22N2O2/c23-15-19(22(25)24-20-11-5-6-12-20)14-18-10-4-7-13-21(18)26-16-17-8-2-1-3-9-17/h1-4,7-10,13-14,20H,5-6,11-12,16H2,(H,24,25)/b19-14+. The smallest absolute Gasteiger partial charge is 0.262 e. The van der Waals surface area contributed by atoms with Gasteiger partial charge in [-0.3, -0.25) is 4.79 Å². The molecule has 1 aliphatic rings. The van der Waals surface area contributed by atoms with Gasteiger partial charge in [-0.2, -0.15) is 5.26 Å². The Morgan fingerprint density at radius 2 is 1.81 bits per heavy atom. The number of hydrogen-bond acceptors (Lipinski definition) is 3. The van der Waals surface area contributed by atoms with Crippen molar-refractivity contribution in [2.24, 2.45) is 0 Å². The first-order valence-corrected chi connectivity index (χ1v) is 8.94. The number of nitrogens with zero attached hydrogens (tertiary/aromatic N) is 1. The van der Waals surface area contributed by atoms with E-state index in [1.807, 2.05) is 60.7 Å². The molecule has 0 aromatic heterocycles. The number of rotatable bonds is 6. The molecule has 132 valence electrons. The highest BCUT2D eigenvalue weighted by Crippen LogP contribution is 2.23. The van der Waals surface area contributed by atoms with Gasteiger partial charge in [-0.05, 0) is 30.5 Å². The second kappa shape index (κ2) is 8.87. The quantitative estimate of drug-likeness (QED) is 0.629. The summed E-state index contributed by atoms with van der Waals surface area (Å²) in [6, 6.07) is 19.5. The average molecular weight is 346 g/mol. The molecule has 1 N–H and O–H groups in total. The van der Waals surface area contributed by atoms with Crippen LogP contribution in [-0.2, 0) is 11.4 Å². The van der Waals surface area contributed by atoms with Crippen molar-refractivity contribution in [2.75, 3.05) is 0 Å². The molecule has 1 saturated carbocycles. The molecule has 0 aliphatic heterocycles. The summed E-state index contributed by atoms with van der Waals surface area (Å²) in [6.07, 6.45) is 5.84. The Kier molecular flexibility index (Phi) is 6.05. The molecule has 0 spiro atoms. The summed E-state index contributed by atoms with van der Waals surface area (Å²) in [4.78, 5) is 12.4. The molecular formula is C22H22N2O2. The summed E-state index contributed by atoms with van der Waals surface area (Å²) in [7, 11) is 0. The lowest BCUT2D eigenvalue weighted by atomic mass is 10.1. The Balaban J connectivity index is 1.73. The van der Waals surface area contributed by atoms with Crippen molar-refractivity contribution in [1.82, 2.24) is 5.32 Å². The zero-order chi connectivity index (χ0) is 18.2. The second-order valence-electron chi connectivity index (χ2n) is 6.44. The van der Waals surface area contributed by atoms with E-state index in [-0.39, 0.29) is 17.5 Å². The molecule has 1 amide bonds. The van der Waals surface area contributed by atoms with Crippen LogP contribution < -0.4 is 10.1 Å². The topological polar surface area (TPSA) is 62.1 Å². The minimum atomic E-state index is -0.308. The zero-order valence-corrected chi connectivity index (χ0v) is 14.7. The van der Waals surface area contributed by atoms with E-state index in [9.17, 15) is 10.1 Å². The number of nitriles is 1. The van der Waals surface area contributed by atoms with Gasteiger partial charge in [0.05, 0.1) is 0 Å². The Morgan fingerprint density at radius 3 is 2.54 bits per heavy atom. The lowest BCUT2D eigenvalue weighted by Crippen LogP contribution is -2.33. The molecule has 1 aliphatic carbocycles. The number of carbonyl (C=O) groups excluding carboxylic acids is 1. The molecule has 2 aromatic carbocycles. The molecule has 26 heavy (non-hydrogen) atoms. The van der Waals surface area contributed by atoms with Crippen molar-refractivity contribution < 1.29 is 9.53 Å². The first-order chi connectivity index (χ1) is 12.8. The Hall–Kier alpha value is -3.06. The molecule has 3 rings (SSSR count). The summed E-state index contributed by atoms with van der Waals surface area (Å²) >= 11 is 0. The minimum absolute atomic E-state index is 0.104. The van der Waals surface area contributed by atoms with Gasteiger partial charge in [0, 0.05) is 11.6 Å². The maximum absolute atomic E-state index is 12.4. The molecule has 0 heterocycles. The third-order valence-electron chi connectivity index (χ3n) is 4.51.